The Morgan fingerprint density at radius 1 is 1.41 bits per heavy atom. The highest BCUT2D eigenvalue weighted by Gasteiger charge is 2.27. The summed E-state index contributed by atoms with van der Waals surface area (Å²) in [5.74, 6) is -0.107. The Morgan fingerprint density at radius 2 is 2.14 bits per heavy atom. The van der Waals surface area contributed by atoms with Crippen molar-refractivity contribution >= 4 is 35.3 Å². The number of carbonyl (C=O) groups excluding carboxylic acids is 1. The maximum absolute atomic E-state index is 12.0. The molecule has 1 amide bonds. The maximum atomic E-state index is 12.0. The standard InChI is InChI=1S/C15H17N3O2S.ClH/c1-9-8-21-15(17-9)10-2-4-11(5-3-10)18-14(20)13-6-12(19)7-16-13;/h2-5,8,12-13,16,19H,6-7H2,1H3,(H,18,20);1H. The second-order valence-electron chi connectivity index (χ2n) is 5.21. The average Bonchev–Trinajstić information content (AvgIpc) is 3.08. The molecular weight excluding hydrogens is 322 g/mol. The summed E-state index contributed by atoms with van der Waals surface area (Å²) in [6.45, 7) is 2.44. The molecular formula is C15H18ClN3O2S. The number of aliphatic hydroxyl groups is 1. The summed E-state index contributed by atoms with van der Waals surface area (Å²) in [6, 6.07) is 7.32. The number of amides is 1. The van der Waals surface area contributed by atoms with Crippen molar-refractivity contribution in [2.75, 3.05) is 11.9 Å². The van der Waals surface area contributed by atoms with Crippen molar-refractivity contribution in [3.8, 4) is 10.6 Å². The van der Waals surface area contributed by atoms with Crippen molar-refractivity contribution in [2.45, 2.75) is 25.5 Å². The van der Waals surface area contributed by atoms with Crippen LogP contribution in [0.3, 0.4) is 0 Å². The predicted molar refractivity (Wildman–Crippen MR) is 90.6 cm³/mol. The molecule has 22 heavy (non-hydrogen) atoms. The fourth-order valence-corrected chi connectivity index (χ4v) is 3.13. The summed E-state index contributed by atoms with van der Waals surface area (Å²) in [5, 5.41) is 18.3. The number of rotatable bonds is 3. The van der Waals surface area contributed by atoms with Gasteiger partial charge in [0, 0.05) is 28.9 Å². The number of halogens is 1. The zero-order chi connectivity index (χ0) is 14.8. The lowest BCUT2D eigenvalue weighted by atomic mass is 10.1. The van der Waals surface area contributed by atoms with Crippen LogP contribution >= 0.6 is 23.7 Å². The summed E-state index contributed by atoms with van der Waals surface area (Å²) in [7, 11) is 0. The molecule has 0 bridgehead atoms. The third kappa shape index (κ3) is 3.84. The topological polar surface area (TPSA) is 74.2 Å². The van der Waals surface area contributed by atoms with Crippen LogP contribution in [0.2, 0.25) is 0 Å². The number of carbonyl (C=O) groups is 1. The first kappa shape index (κ1) is 16.9. The largest absolute Gasteiger partial charge is 0.392 e. The van der Waals surface area contributed by atoms with Crippen LogP contribution in [0.25, 0.3) is 10.6 Å². The Labute approximate surface area is 139 Å². The Morgan fingerprint density at radius 3 is 2.68 bits per heavy atom. The number of aromatic nitrogens is 1. The number of nitrogens with one attached hydrogen (secondary N) is 2. The van der Waals surface area contributed by atoms with E-state index in [2.05, 4.69) is 15.6 Å². The van der Waals surface area contributed by atoms with Gasteiger partial charge in [-0.2, -0.15) is 0 Å². The predicted octanol–water partition coefficient (Wildman–Crippen LogP) is 2.20. The van der Waals surface area contributed by atoms with Crippen LogP contribution in [0.1, 0.15) is 12.1 Å². The molecule has 1 fully saturated rings. The minimum Gasteiger partial charge on any atom is -0.392 e. The highest BCUT2D eigenvalue weighted by atomic mass is 35.5. The van der Waals surface area contributed by atoms with Crippen molar-refractivity contribution in [3.63, 3.8) is 0 Å². The lowest BCUT2D eigenvalue weighted by Crippen LogP contribution is -2.35. The van der Waals surface area contributed by atoms with Gasteiger partial charge in [0.25, 0.3) is 0 Å². The molecule has 2 atom stereocenters. The molecule has 2 unspecified atom stereocenters. The molecule has 3 rings (SSSR count). The first-order chi connectivity index (χ1) is 10.1. The number of hydrogen-bond donors (Lipinski definition) is 3. The van der Waals surface area contributed by atoms with Crippen LogP contribution in [0.15, 0.2) is 29.6 Å². The normalized spacial score (nSPS) is 20.5. The van der Waals surface area contributed by atoms with Gasteiger partial charge in [-0.15, -0.1) is 23.7 Å². The van der Waals surface area contributed by atoms with Crippen molar-refractivity contribution in [3.05, 3.63) is 35.3 Å². The van der Waals surface area contributed by atoms with Gasteiger partial charge in [-0.3, -0.25) is 4.79 Å². The van der Waals surface area contributed by atoms with E-state index in [1.54, 1.807) is 11.3 Å². The molecule has 2 aromatic rings. The number of aliphatic hydroxyl groups excluding tert-OH is 1. The highest BCUT2D eigenvalue weighted by molar-refractivity contribution is 7.13. The van der Waals surface area contributed by atoms with Gasteiger partial charge in [0.2, 0.25) is 5.91 Å². The second-order valence-corrected chi connectivity index (χ2v) is 6.07. The monoisotopic (exact) mass is 339 g/mol. The molecule has 2 heterocycles. The molecule has 1 aliphatic heterocycles. The van der Waals surface area contributed by atoms with Crippen molar-refractivity contribution in [1.82, 2.24) is 10.3 Å². The summed E-state index contributed by atoms with van der Waals surface area (Å²) in [5.41, 5.74) is 2.80. The molecule has 1 aliphatic rings. The van der Waals surface area contributed by atoms with Crippen LogP contribution in [0, 0.1) is 6.92 Å². The average molecular weight is 340 g/mol. The van der Waals surface area contributed by atoms with Gasteiger partial charge in [0.15, 0.2) is 0 Å². The molecule has 118 valence electrons. The van der Waals surface area contributed by atoms with Crippen molar-refractivity contribution in [2.24, 2.45) is 0 Å². The third-order valence-electron chi connectivity index (χ3n) is 3.44. The molecule has 7 heteroatoms. The molecule has 0 radical (unpaired) electrons. The van der Waals surface area contributed by atoms with Crippen LogP contribution in [-0.2, 0) is 4.79 Å². The lowest BCUT2D eigenvalue weighted by molar-refractivity contribution is -0.117. The van der Waals surface area contributed by atoms with E-state index in [-0.39, 0.29) is 24.4 Å². The number of benzene rings is 1. The molecule has 0 aliphatic carbocycles. The second kappa shape index (κ2) is 7.19. The summed E-state index contributed by atoms with van der Waals surface area (Å²) in [4.78, 5) is 16.5. The quantitative estimate of drug-likeness (QED) is 0.801. The number of β-amino-alcohol motifs (C(OH)–C–C–N with tert-alkyl or cyclic N) is 1. The zero-order valence-corrected chi connectivity index (χ0v) is 13.7. The Bertz CT molecular complexity index is 644. The van der Waals surface area contributed by atoms with Gasteiger partial charge in [0.1, 0.15) is 5.01 Å². The molecule has 5 nitrogen and oxygen atoms in total. The minimum absolute atomic E-state index is 0. The molecule has 1 aromatic carbocycles. The number of thiazole rings is 1. The first-order valence-electron chi connectivity index (χ1n) is 6.87. The van der Waals surface area contributed by atoms with Crippen LogP contribution in [0.5, 0.6) is 0 Å². The van der Waals surface area contributed by atoms with E-state index in [0.29, 0.717) is 13.0 Å². The molecule has 3 N–H and O–H groups in total. The maximum Gasteiger partial charge on any atom is 0.241 e. The van der Waals surface area contributed by atoms with E-state index < -0.39 is 6.10 Å². The Kier molecular flexibility index (Phi) is 5.52. The fourth-order valence-electron chi connectivity index (χ4n) is 2.33. The lowest BCUT2D eigenvalue weighted by Gasteiger charge is -2.11. The van der Waals surface area contributed by atoms with Gasteiger partial charge >= 0.3 is 0 Å². The molecule has 0 spiro atoms. The SMILES string of the molecule is Cc1csc(-c2ccc(NC(=O)C3CC(O)CN3)cc2)n1.Cl. The third-order valence-corrected chi connectivity index (χ3v) is 4.45. The van der Waals surface area contributed by atoms with Gasteiger partial charge in [0.05, 0.1) is 12.1 Å². The fraction of sp³-hybridized carbons (Fsp3) is 0.333. The zero-order valence-electron chi connectivity index (χ0n) is 12.1. The van der Waals surface area contributed by atoms with E-state index in [4.69, 9.17) is 0 Å². The van der Waals surface area contributed by atoms with Crippen molar-refractivity contribution in [1.29, 1.82) is 0 Å². The van der Waals surface area contributed by atoms with E-state index in [1.165, 1.54) is 0 Å². The first-order valence-corrected chi connectivity index (χ1v) is 7.74. The molecule has 0 saturated carbocycles. The van der Waals surface area contributed by atoms with E-state index in [9.17, 15) is 9.90 Å². The molecule has 1 saturated heterocycles. The number of hydrogen-bond acceptors (Lipinski definition) is 5. The van der Waals surface area contributed by atoms with E-state index in [0.717, 1.165) is 22.0 Å². The van der Waals surface area contributed by atoms with E-state index in [1.807, 2.05) is 36.6 Å². The Balaban J connectivity index is 0.00000176. The van der Waals surface area contributed by atoms with Crippen LogP contribution in [0.4, 0.5) is 5.69 Å². The summed E-state index contributed by atoms with van der Waals surface area (Å²) < 4.78 is 0. The van der Waals surface area contributed by atoms with Gasteiger partial charge in [-0.25, -0.2) is 4.98 Å². The van der Waals surface area contributed by atoms with Gasteiger partial charge in [-0.1, -0.05) is 0 Å². The highest BCUT2D eigenvalue weighted by Crippen LogP contribution is 2.25. The van der Waals surface area contributed by atoms with Gasteiger partial charge < -0.3 is 15.7 Å². The summed E-state index contributed by atoms with van der Waals surface area (Å²) >= 11 is 1.61. The summed E-state index contributed by atoms with van der Waals surface area (Å²) in [6.07, 6.45) is 0.0266. The number of anilines is 1. The Hall–Kier alpha value is -1.47. The molecule has 1 aromatic heterocycles. The smallest absolute Gasteiger partial charge is 0.241 e. The van der Waals surface area contributed by atoms with E-state index >= 15 is 0 Å². The van der Waals surface area contributed by atoms with Crippen LogP contribution < -0.4 is 10.6 Å². The number of nitrogens with zero attached hydrogens (tertiary/aromatic N) is 1. The minimum atomic E-state index is -0.434. The van der Waals surface area contributed by atoms with Crippen molar-refractivity contribution < 1.29 is 9.90 Å². The van der Waals surface area contributed by atoms with Crippen LogP contribution in [-0.4, -0.2) is 34.7 Å². The number of aryl methyl sites for hydroxylation is 1. The van der Waals surface area contributed by atoms with Gasteiger partial charge in [-0.05, 0) is 37.6 Å².